The molecule has 1 atom stereocenters. The number of aryl methyl sites for hydroxylation is 1. The zero-order valence-corrected chi connectivity index (χ0v) is 11.8. The van der Waals surface area contributed by atoms with Crippen molar-refractivity contribution in [3.63, 3.8) is 0 Å². The Hall–Kier alpha value is -2.10. The van der Waals surface area contributed by atoms with Crippen LogP contribution in [0.1, 0.15) is 42.1 Å². The van der Waals surface area contributed by atoms with Gasteiger partial charge in [0.15, 0.2) is 5.78 Å². The molecular weight excluding hydrogens is 254 g/mol. The van der Waals surface area contributed by atoms with Crippen LogP contribution in [-0.4, -0.2) is 16.9 Å². The largest absolute Gasteiger partial charge is 0.478 e. The Morgan fingerprint density at radius 1 is 1.45 bits per heavy atom. The molecule has 0 aromatic heterocycles. The highest BCUT2D eigenvalue weighted by Crippen LogP contribution is 2.25. The number of carbonyl (C=O) groups is 2. The van der Waals surface area contributed by atoms with Crippen LogP contribution in [0, 0.1) is 12.8 Å². The second kappa shape index (κ2) is 5.90. The van der Waals surface area contributed by atoms with Crippen LogP contribution in [0.4, 0.5) is 5.69 Å². The molecule has 1 aromatic rings. The molecule has 2 rings (SSSR count). The van der Waals surface area contributed by atoms with Gasteiger partial charge in [-0.3, -0.25) is 4.79 Å². The van der Waals surface area contributed by atoms with Gasteiger partial charge in [-0.1, -0.05) is 6.92 Å². The standard InChI is InChI=1S/C16H19NO3/c1-10-4-3-5-13(15(10)18)9-17-14-7-6-12(16(19)20)8-11(14)2/h6-10,17H,3-5H2,1-2H3,(H,19,20)/b13-9-/t10-/m1/s1. The smallest absolute Gasteiger partial charge is 0.335 e. The van der Waals surface area contributed by atoms with Crippen molar-refractivity contribution in [2.45, 2.75) is 33.1 Å². The lowest BCUT2D eigenvalue weighted by atomic mass is 9.86. The van der Waals surface area contributed by atoms with Gasteiger partial charge in [0.1, 0.15) is 0 Å². The lowest BCUT2D eigenvalue weighted by Crippen LogP contribution is -2.19. The molecule has 4 nitrogen and oxygen atoms in total. The minimum absolute atomic E-state index is 0.104. The highest BCUT2D eigenvalue weighted by atomic mass is 16.4. The first-order valence-electron chi connectivity index (χ1n) is 6.83. The van der Waals surface area contributed by atoms with Crippen molar-refractivity contribution in [2.24, 2.45) is 5.92 Å². The van der Waals surface area contributed by atoms with E-state index in [-0.39, 0.29) is 17.3 Å². The van der Waals surface area contributed by atoms with Crippen LogP contribution in [0.5, 0.6) is 0 Å². The van der Waals surface area contributed by atoms with E-state index in [0.717, 1.165) is 36.1 Å². The number of hydrogen-bond donors (Lipinski definition) is 2. The number of hydrogen-bond acceptors (Lipinski definition) is 3. The molecule has 0 heterocycles. The number of rotatable bonds is 3. The third kappa shape index (κ3) is 3.07. The molecule has 0 amide bonds. The van der Waals surface area contributed by atoms with Crippen molar-refractivity contribution >= 4 is 17.4 Å². The first kappa shape index (κ1) is 14.3. The van der Waals surface area contributed by atoms with E-state index in [4.69, 9.17) is 5.11 Å². The summed E-state index contributed by atoms with van der Waals surface area (Å²) in [5.74, 6) is -0.620. The van der Waals surface area contributed by atoms with Gasteiger partial charge in [0.05, 0.1) is 5.56 Å². The number of benzene rings is 1. The molecular formula is C16H19NO3. The number of Topliss-reactive ketones (excluding diaryl/α,β-unsaturated/α-hetero) is 1. The van der Waals surface area contributed by atoms with Crippen molar-refractivity contribution in [1.82, 2.24) is 0 Å². The fraction of sp³-hybridized carbons (Fsp3) is 0.375. The number of ketones is 1. The first-order chi connectivity index (χ1) is 9.49. The van der Waals surface area contributed by atoms with Gasteiger partial charge in [0.25, 0.3) is 0 Å². The number of anilines is 1. The second-order valence-electron chi connectivity index (χ2n) is 5.31. The van der Waals surface area contributed by atoms with Crippen LogP contribution in [0.3, 0.4) is 0 Å². The van der Waals surface area contributed by atoms with Crippen molar-refractivity contribution in [3.8, 4) is 0 Å². The third-order valence-electron chi connectivity index (χ3n) is 3.72. The van der Waals surface area contributed by atoms with Crippen molar-refractivity contribution in [2.75, 3.05) is 5.32 Å². The molecule has 0 saturated heterocycles. The van der Waals surface area contributed by atoms with Crippen LogP contribution in [0.15, 0.2) is 30.0 Å². The van der Waals surface area contributed by atoms with E-state index in [1.165, 1.54) is 0 Å². The fourth-order valence-electron chi connectivity index (χ4n) is 2.44. The van der Waals surface area contributed by atoms with Crippen LogP contribution in [0.25, 0.3) is 0 Å². The Labute approximate surface area is 118 Å². The average Bonchev–Trinajstić information content (AvgIpc) is 2.41. The molecule has 1 saturated carbocycles. The fourth-order valence-corrected chi connectivity index (χ4v) is 2.44. The topological polar surface area (TPSA) is 66.4 Å². The number of aromatic carboxylic acids is 1. The molecule has 1 fully saturated rings. The summed E-state index contributed by atoms with van der Waals surface area (Å²) in [6, 6.07) is 4.91. The van der Waals surface area contributed by atoms with Gasteiger partial charge in [0, 0.05) is 23.4 Å². The third-order valence-corrected chi connectivity index (χ3v) is 3.72. The van der Waals surface area contributed by atoms with E-state index in [2.05, 4.69) is 5.32 Å². The van der Waals surface area contributed by atoms with E-state index < -0.39 is 5.97 Å². The van der Waals surface area contributed by atoms with Crippen molar-refractivity contribution < 1.29 is 14.7 Å². The Morgan fingerprint density at radius 3 is 2.85 bits per heavy atom. The highest BCUT2D eigenvalue weighted by Gasteiger charge is 2.22. The lowest BCUT2D eigenvalue weighted by Gasteiger charge is -2.19. The van der Waals surface area contributed by atoms with E-state index in [1.807, 2.05) is 13.8 Å². The molecule has 106 valence electrons. The van der Waals surface area contributed by atoms with Gasteiger partial charge >= 0.3 is 5.97 Å². The lowest BCUT2D eigenvalue weighted by molar-refractivity contribution is -0.119. The summed E-state index contributed by atoms with van der Waals surface area (Å²) in [7, 11) is 0. The molecule has 1 aromatic carbocycles. The quantitative estimate of drug-likeness (QED) is 0.828. The summed E-state index contributed by atoms with van der Waals surface area (Å²) in [6.45, 7) is 3.81. The van der Waals surface area contributed by atoms with Crippen LogP contribution in [-0.2, 0) is 4.79 Å². The molecule has 0 bridgehead atoms. The Kier molecular flexibility index (Phi) is 4.23. The maximum Gasteiger partial charge on any atom is 0.335 e. The summed E-state index contributed by atoms with van der Waals surface area (Å²) < 4.78 is 0. The summed E-state index contributed by atoms with van der Waals surface area (Å²) in [4.78, 5) is 22.9. The predicted molar refractivity (Wildman–Crippen MR) is 77.9 cm³/mol. The predicted octanol–water partition coefficient (Wildman–Crippen LogP) is 3.38. The maximum atomic E-state index is 12.0. The molecule has 1 aliphatic carbocycles. The summed E-state index contributed by atoms with van der Waals surface area (Å²) in [5.41, 5.74) is 2.76. The molecule has 1 aliphatic rings. The SMILES string of the molecule is Cc1cc(C(=O)O)ccc1N/C=C1/CCC[C@@H](C)C1=O. The number of carboxylic acids is 1. The van der Waals surface area contributed by atoms with Crippen LogP contribution < -0.4 is 5.32 Å². The molecule has 2 N–H and O–H groups in total. The monoisotopic (exact) mass is 273 g/mol. The van der Waals surface area contributed by atoms with Crippen LogP contribution in [0.2, 0.25) is 0 Å². The van der Waals surface area contributed by atoms with E-state index in [0.29, 0.717) is 0 Å². The van der Waals surface area contributed by atoms with E-state index in [1.54, 1.807) is 24.4 Å². The van der Waals surface area contributed by atoms with Gasteiger partial charge in [0.2, 0.25) is 0 Å². The zero-order valence-electron chi connectivity index (χ0n) is 11.8. The van der Waals surface area contributed by atoms with Gasteiger partial charge in [-0.05, 0) is 49.9 Å². The molecule has 0 aliphatic heterocycles. The number of nitrogens with one attached hydrogen (secondary N) is 1. The number of allylic oxidation sites excluding steroid dienone is 1. The van der Waals surface area contributed by atoms with Crippen molar-refractivity contribution in [3.05, 3.63) is 41.1 Å². The van der Waals surface area contributed by atoms with Gasteiger partial charge in [-0.25, -0.2) is 4.79 Å². The highest BCUT2D eigenvalue weighted by molar-refractivity contribution is 5.98. The minimum Gasteiger partial charge on any atom is -0.478 e. The van der Waals surface area contributed by atoms with E-state index in [9.17, 15) is 9.59 Å². The maximum absolute atomic E-state index is 12.0. The zero-order chi connectivity index (χ0) is 14.7. The Balaban J connectivity index is 2.14. The van der Waals surface area contributed by atoms with Crippen LogP contribution >= 0.6 is 0 Å². The van der Waals surface area contributed by atoms with Crippen molar-refractivity contribution in [1.29, 1.82) is 0 Å². The molecule has 20 heavy (non-hydrogen) atoms. The van der Waals surface area contributed by atoms with Gasteiger partial charge in [-0.15, -0.1) is 0 Å². The molecule has 0 spiro atoms. The summed E-state index contributed by atoms with van der Waals surface area (Å²) in [5, 5.41) is 12.0. The average molecular weight is 273 g/mol. The van der Waals surface area contributed by atoms with Gasteiger partial charge < -0.3 is 10.4 Å². The minimum atomic E-state index is -0.936. The second-order valence-corrected chi connectivity index (χ2v) is 5.31. The Bertz CT molecular complexity index is 575. The van der Waals surface area contributed by atoms with E-state index >= 15 is 0 Å². The summed E-state index contributed by atoms with van der Waals surface area (Å²) in [6.07, 6.45) is 4.57. The normalized spacial score (nSPS) is 21.0. The number of carbonyl (C=O) groups excluding carboxylic acids is 1. The molecule has 0 radical (unpaired) electrons. The number of carboxylic acid groups (broad SMARTS) is 1. The first-order valence-corrected chi connectivity index (χ1v) is 6.83. The summed E-state index contributed by atoms with van der Waals surface area (Å²) >= 11 is 0. The Morgan fingerprint density at radius 2 is 2.20 bits per heavy atom. The molecule has 0 unspecified atom stereocenters. The van der Waals surface area contributed by atoms with Gasteiger partial charge in [-0.2, -0.15) is 0 Å². The molecule has 4 heteroatoms.